The zero-order valence-corrected chi connectivity index (χ0v) is 12.2. The molecule has 0 aliphatic carbocycles. The molecule has 2 atom stereocenters. The lowest BCUT2D eigenvalue weighted by atomic mass is 10.0. The van der Waals surface area contributed by atoms with Crippen molar-refractivity contribution in [1.29, 1.82) is 0 Å². The molecular weight excluding hydrogens is 240 g/mol. The van der Waals surface area contributed by atoms with E-state index in [4.69, 9.17) is 4.74 Å². The van der Waals surface area contributed by atoms with Crippen molar-refractivity contribution in [2.24, 2.45) is 5.92 Å². The van der Waals surface area contributed by atoms with Crippen LogP contribution in [0.2, 0.25) is 0 Å². The highest BCUT2D eigenvalue weighted by atomic mass is 16.5. The van der Waals surface area contributed by atoms with Crippen molar-refractivity contribution in [3.05, 3.63) is 29.8 Å². The van der Waals surface area contributed by atoms with Crippen molar-refractivity contribution >= 4 is 5.91 Å². The molecule has 0 bridgehead atoms. The molecule has 106 valence electrons. The van der Waals surface area contributed by atoms with E-state index in [0.717, 1.165) is 17.7 Å². The summed E-state index contributed by atoms with van der Waals surface area (Å²) in [5.41, 5.74) is 1.10. The first-order chi connectivity index (χ1) is 9.12. The van der Waals surface area contributed by atoms with Crippen molar-refractivity contribution in [1.82, 2.24) is 10.6 Å². The summed E-state index contributed by atoms with van der Waals surface area (Å²) in [6.45, 7) is 4.68. The Balaban J connectivity index is 2.69. The van der Waals surface area contributed by atoms with Crippen LogP contribution in [0, 0.1) is 5.92 Å². The van der Waals surface area contributed by atoms with Gasteiger partial charge in [0.2, 0.25) is 5.91 Å². The molecule has 0 spiro atoms. The van der Waals surface area contributed by atoms with E-state index in [1.807, 2.05) is 38.2 Å². The lowest BCUT2D eigenvalue weighted by Crippen LogP contribution is -2.36. The number of carbonyl (C=O) groups is 1. The fourth-order valence-corrected chi connectivity index (χ4v) is 1.97. The maximum absolute atomic E-state index is 12.0. The molecule has 1 aromatic carbocycles. The summed E-state index contributed by atoms with van der Waals surface area (Å²) in [6.07, 6.45) is 0.865. The van der Waals surface area contributed by atoms with Gasteiger partial charge in [-0.3, -0.25) is 4.79 Å². The smallest absolute Gasteiger partial charge is 0.224 e. The number of hydrogen-bond donors (Lipinski definition) is 2. The Bertz CT molecular complexity index is 390. The molecule has 2 unspecified atom stereocenters. The number of methoxy groups -OCH3 is 1. The van der Waals surface area contributed by atoms with Crippen LogP contribution in [0.5, 0.6) is 5.75 Å². The summed E-state index contributed by atoms with van der Waals surface area (Å²) >= 11 is 0. The molecule has 0 aliphatic heterocycles. The van der Waals surface area contributed by atoms with Crippen molar-refractivity contribution in [2.45, 2.75) is 26.3 Å². The molecule has 0 fully saturated rings. The molecule has 1 rings (SSSR count). The van der Waals surface area contributed by atoms with Gasteiger partial charge in [-0.25, -0.2) is 0 Å². The van der Waals surface area contributed by atoms with Crippen LogP contribution < -0.4 is 15.4 Å². The first-order valence-electron chi connectivity index (χ1n) is 6.71. The third kappa shape index (κ3) is 4.56. The number of nitrogens with one attached hydrogen (secondary N) is 2. The van der Waals surface area contributed by atoms with E-state index in [0.29, 0.717) is 6.54 Å². The SMILES string of the molecule is CCC(NC(=O)C(C)CNC)c1ccc(OC)cc1. The molecule has 0 aliphatic rings. The second kappa shape index (κ2) is 7.79. The molecular formula is C15H24N2O2. The number of carbonyl (C=O) groups excluding carboxylic acids is 1. The van der Waals surface area contributed by atoms with Gasteiger partial charge < -0.3 is 15.4 Å². The summed E-state index contributed by atoms with van der Waals surface area (Å²) in [5.74, 6) is 0.878. The molecule has 4 nitrogen and oxygen atoms in total. The van der Waals surface area contributed by atoms with Crippen molar-refractivity contribution in [3.8, 4) is 5.75 Å². The minimum Gasteiger partial charge on any atom is -0.497 e. The van der Waals surface area contributed by atoms with Gasteiger partial charge >= 0.3 is 0 Å². The molecule has 2 N–H and O–H groups in total. The molecule has 0 aromatic heterocycles. The Hall–Kier alpha value is -1.55. The van der Waals surface area contributed by atoms with Crippen LogP contribution in [0.25, 0.3) is 0 Å². The van der Waals surface area contributed by atoms with Crippen LogP contribution in [0.15, 0.2) is 24.3 Å². The number of benzene rings is 1. The van der Waals surface area contributed by atoms with Crippen LogP contribution in [-0.4, -0.2) is 26.6 Å². The van der Waals surface area contributed by atoms with Gasteiger partial charge in [0.25, 0.3) is 0 Å². The highest BCUT2D eigenvalue weighted by Gasteiger charge is 2.17. The van der Waals surface area contributed by atoms with E-state index >= 15 is 0 Å². The normalized spacial score (nSPS) is 13.7. The Kier molecular flexibility index (Phi) is 6.36. The van der Waals surface area contributed by atoms with Crippen molar-refractivity contribution in [2.75, 3.05) is 20.7 Å². The number of amides is 1. The van der Waals surface area contributed by atoms with E-state index in [9.17, 15) is 4.79 Å². The topological polar surface area (TPSA) is 50.4 Å². The van der Waals surface area contributed by atoms with Crippen LogP contribution in [0.3, 0.4) is 0 Å². The van der Waals surface area contributed by atoms with E-state index in [2.05, 4.69) is 17.6 Å². The van der Waals surface area contributed by atoms with Gasteiger partial charge in [-0.05, 0) is 31.2 Å². The van der Waals surface area contributed by atoms with Gasteiger partial charge in [-0.2, -0.15) is 0 Å². The summed E-state index contributed by atoms with van der Waals surface area (Å²) in [4.78, 5) is 12.0. The monoisotopic (exact) mass is 264 g/mol. The fraction of sp³-hybridized carbons (Fsp3) is 0.533. The van der Waals surface area contributed by atoms with Crippen LogP contribution in [0.4, 0.5) is 0 Å². The van der Waals surface area contributed by atoms with E-state index in [1.54, 1.807) is 7.11 Å². The highest BCUT2D eigenvalue weighted by Crippen LogP contribution is 2.20. The predicted octanol–water partition coefficient (Wildman–Crippen LogP) is 2.12. The van der Waals surface area contributed by atoms with Crippen LogP contribution in [-0.2, 0) is 4.79 Å². The maximum Gasteiger partial charge on any atom is 0.224 e. The Morgan fingerprint density at radius 1 is 1.32 bits per heavy atom. The van der Waals surface area contributed by atoms with Gasteiger partial charge in [0.1, 0.15) is 5.75 Å². The first-order valence-corrected chi connectivity index (χ1v) is 6.71. The van der Waals surface area contributed by atoms with E-state index in [-0.39, 0.29) is 17.9 Å². The first kappa shape index (κ1) is 15.5. The molecule has 0 saturated carbocycles. The summed E-state index contributed by atoms with van der Waals surface area (Å²) in [6, 6.07) is 7.88. The van der Waals surface area contributed by atoms with Gasteiger partial charge in [0.05, 0.1) is 13.2 Å². The van der Waals surface area contributed by atoms with E-state index in [1.165, 1.54) is 0 Å². The van der Waals surface area contributed by atoms with Gasteiger partial charge in [0, 0.05) is 12.5 Å². The van der Waals surface area contributed by atoms with Gasteiger partial charge in [-0.1, -0.05) is 26.0 Å². The largest absolute Gasteiger partial charge is 0.497 e. The second-order valence-corrected chi connectivity index (χ2v) is 4.70. The lowest BCUT2D eigenvalue weighted by molar-refractivity contribution is -0.125. The van der Waals surface area contributed by atoms with Crippen LogP contribution in [0.1, 0.15) is 31.9 Å². The minimum atomic E-state index is -0.0303. The summed E-state index contributed by atoms with van der Waals surface area (Å²) in [7, 11) is 3.50. The third-order valence-electron chi connectivity index (χ3n) is 3.20. The zero-order valence-electron chi connectivity index (χ0n) is 12.2. The van der Waals surface area contributed by atoms with E-state index < -0.39 is 0 Å². The second-order valence-electron chi connectivity index (χ2n) is 4.70. The molecule has 0 heterocycles. The summed E-state index contributed by atoms with van der Waals surface area (Å²) in [5, 5.41) is 6.10. The molecule has 19 heavy (non-hydrogen) atoms. The molecule has 1 aromatic rings. The molecule has 0 radical (unpaired) electrons. The minimum absolute atomic E-state index is 0.0303. The average Bonchev–Trinajstić information content (AvgIpc) is 2.45. The maximum atomic E-state index is 12.0. The standard InChI is InChI=1S/C15H24N2O2/c1-5-14(17-15(18)11(2)10-16-3)12-6-8-13(19-4)9-7-12/h6-9,11,14,16H,5,10H2,1-4H3,(H,17,18). The van der Waals surface area contributed by atoms with Crippen molar-refractivity contribution < 1.29 is 9.53 Å². The Labute approximate surface area is 115 Å². The third-order valence-corrected chi connectivity index (χ3v) is 3.20. The summed E-state index contributed by atoms with van der Waals surface area (Å²) < 4.78 is 5.14. The van der Waals surface area contributed by atoms with Crippen LogP contribution >= 0.6 is 0 Å². The number of ether oxygens (including phenoxy) is 1. The molecule has 1 amide bonds. The van der Waals surface area contributed by atoms with Gasteiger partial charge in [-0.15, -0.1) is 0 Å². The quantitative estimate of drug-likeness (QED) is 0.793. The Morgan fingerprint density at radius 3 is 2.42 bits per heavy atom. The average molecular weight is 264 g/mol. The fourth-order valence-electron chi connectivity index (χ4n) is 1.97. The Morgan fingerprint density at radius 2 is 1.95 bits per heavy atom. The molecule has 0 saturated heterocycles. The highest BCUT2D eigenvalue weighted by molar-refractivity contribution is 5.79. The predicted molar refractivity (Wildman–Crippen MR) is 77.3 cm³/mol. The van der Waals surface area contributed by atoms with Crippen molar-refractivity contribution in [3.63, 3.8) is 0 Å². The molecule has 4 heteroatoms. The lowest BCUT2D eigenvalue weighted by Gasteiger charge is -2.20. The number of hydrogen-bond acceptors (Lipinski definition) is 3. The van der Waals surface area contributed by atoms with Gasteiger partial charge in [0.15, 0.2) is 0 Å². The number of rotatable bonds is 7. The zero-order chi connectivity index (χ0) is 14.3.